The van der Waals surface area contributed by atoms with E-state index in [0.717, 1.165) is 11.1 Å². The minimum absolute atomic E-state index is 0.102. The molecule has 0 atom stereocenters. The Morgan fingerprint density at radius 3 is 2.19 bits per heavy atom. The van der Waals surface area contributed by atoms with Crippen molar-refractivity contribution in [1.82, 2.24) is 4.90 Å². The van der Waals surface area contributed by atoms with Gasteiger partial charge in [-0.15, -0.1) is 0 Å². The van der Waals surface area contributed by atoms with E-state index in [-0.39, 0.29) is 11.8 Å². The van der Waals surface area contributed by atoms with Crippen molar-refractivity contribution in [3.8, 4) is 0 Å². The maximum absolute atomic E-state index is 12.3. The maximum Gasteiger partial charge on any atom is 0.255 e. The molecule has 2 aromatic carbocycles. The number of benzene rings is 2. The minimum Gasteiger partial charge on any atom is -0.378 e. The third-order valence-corrected chi connectivity index (χ3v) is 4.38. The van der Waals surface area contributed by atoms with Crippen molar-refractivity contribution in [2.45, 2.75) is 13.0 Å². The standard InChI is InChI=1S/C20H23N3O3/c21-14-16-1-5-17(6-2-16)20(25)22-18-7-3-15(4-8-18)13-19(24)23-9-11-26-12-10-23/h1-8H,9-14,21H2,(H,22,25). The van der Waals surface area contributed by atoms with Gasteiger partial charge in [-0.2, -0.15) is 0 Å². The fraction of sp³-hybridized carbons (Fsp3) is 0.300. The van der Waals surface area contributed by atoms with Crippen LogP contribution in [0.4, 0.5) is 5.69 Å². The van der Waals surface area contributed by atoms with Gasteiger partial charge in [-0.25, -0.2) is 0 Å². The molecule has 0 bridgehead atoms. The summed E-state index contributed by atoms with van der Waals surface area (Å²) in [5.74, 6) is -0.0733. The van der Waals surface area contributed by atoms with Gasteiger partial charge in [0.15, 0.2) is 0 Å². The van der Waals surface area contributed by atoms with Gasteiger partial charge in [0.05, 0.1) is 19.6 Å². The molecule has 0 saturated carbocycles. The Hall–Kier alpha value is -2.70. The van der Waals surface area contributed by atoms with Crippen LogP contribution < -0.4 is 11.1 Å². The Labute approximate surface area is 152 Å². The largest absolute Gasteiger partial charge is 0.378 e. The molecule has 6 heteroatoms. The molecule has 6 nitrogen and oxygen atoms in total. The lowest BCUT2D eigenvalue weighted by atomic mass is 10.1. The highest BCUT2D eigenvalue weighted by molar-refractivity contribution is 6.04. The number of hydrogen-bond donors (Lipinski definition) is 2. The van der Waals surface area contributed by atoms with E-state index in [2.05, 4.69) is 5.32 Å². The summed E-state index contributed by atoms with van der Waals surface area (Å²) in [6.07, 6.45) is 0.356. The lowest BCUT2D eigenvalue weighted by Crippen LogP contribution is -2.41. The molecule has 0 aromatic heterocycles. The molecule has 136 valence electrons. The maximum atomic E-state index is 12.3. The number of ether oxygens (including phenoxy) is 1. The fourth-order valence-corrected chi connectivity index (χ4v) is 2.80. The van der Waals surface area contributed by atoms with Crippen LogP contribution in [0.25, 0.3) is 0 Å². The molecule has 26 heavy (non-hydrogen) atoms. The summed E-state index contributed by atoms with van der Waals surface area (Å²) in [7, 11) is 0. The van der Waals surface area contributed by atoms with Crippen molar-refractivity contribution in [3.05, 3.63) is 65.2 Å². The van der Waals surface area contributed by atoms with Crippen molar-refractivity contribution in [2.24, 2.45) is 5.73 Å². The molecular formula is C20H23N3O3. The second kappa shape index (κ2) is 8.60. The van der Waals surface area contributed by atoms with E-state index in [1.807, 2.05) is 41.3 Å². The molecule has 2 amide bonds. The number of carbonyl (C=O) groups excluding carboxylic acids is 2. The molecule has 0 spiro atoms. The lowest BCUT2D eigenvalue weighted by molar-refractivity contribution is -0.134. The SMILES string of the molecule is NCc1ccc(C(=O)Nc2ccc(CC(=O)N3CCOCC3)cc2)cc1. The zero-order valence-corrected chi connectivity index (χ0v) is 14.6. The van der Waals surface area contributed by atoms with Gasteiger partial charge >= 0.3 is 0 Å². The quantitative estimate of drug-likeness (QED) is 0.858. The first-order valence-corrected chi connectivity index (χ1v) is 8.70. The number of nitrogens with zero attached hydrogens (tertiary/aromatic N) is 1. The van der Waals surface area contributed by atoms with Crippen molar-refractivity contribution < 1.29 is 14.3 Å². The van der Waals surface area contributed by atoms with Crippen LogP contribution >= 0.6 is 0 Å². The lowest BCUT2D eigenvalue weighted by Gasteiger charge is -2.26. The third-order valence-electron chi connectivity index (χ3n) is 4.38. The predicted octanol–water partition coefficient (Wildman–Crippen LogP) is 1.80. The first kappa shape index (κ1) is 18.1. The van der Waals surface area contributed by atoms with Crippen molar-refractivity contribution in [3.63, 3.8) is 0 Å². The van der Waals surface area contributed by atoms with Gasteiger partial charge in [-0.3, -0.25) is 9.59 Å². The summed E-state index contributed by atoms with van der Waals surface area (Å²) >= 11 is 0. The highest BCUT2D eigenvalue weighted by atomic mass is 16.5. The zero-order valence-electron chi connectivity index (χ0n) is 14.6. The van der Waals surface area contributed by atoms with E-state index in [1.165, 1.54) is 0 Å². The summed E-state index contributed by atoms with van der Waals surface area (Å²) < 4.78 is 5.26. The molecule has 1 heterocycles. The Morgan fingerprint density at radius 1 is 0.962 bits per heavy atom. The van der Waals surface area contributed by atoms with Crippen molar-refractivity contribution in [2.75, 3.05) is 31.6 Å². The summed E-state index contributed by atoms with van der Waals surface area (Å²) in [4.78, 5) is 26.4. The number of hydrogen-bond acceptors (Lipinski definition) is 4. The molecule has 1 aliphatic heterocycles. The molecule has 1 fully saturated rings. The van der Waals surface area contributed by atoms with E-state index in [1.54, 1.807) is 12.1 Å². The Kier molecular flexibility index (Phi) is 5.99. The highest BCUT2D eigenvalue weighted by Gasteiger charge is 2.17. The van der Waals surface area contributed by atoms with E-state index in [4.69, 9.17) is 10.5 Å². The Morgan fingerprint density at radius 2 is 1.58 bits per heavy atom. The van der Waals surface area contributed by atoms with Crippen LogP contribution in [0, 0.1) is 0 Å². The molecule has 3 rings (SSSR count). The molecule has 1 saturated heterocycles. The summed E-state index contributed by atoms with van der Waals surface area (Å²) in [5.41, 5.74) is 8.74. The molecule has 0 unspecified atom stereocenters. The number of anilines is 1. The first-order valence-electron chi connectivity index (χ1n) is 8.70. The van der Waals surface area contributed by atoms with Gasteiger partial charge < -0.3 is 20.7 Å². The number of morpholine rings is 1. The minimum atomic E-state index is -0.175. The Bertz CT molecular complexity index is 751. The number of nitrogens with one attached hydrogen (secondary N) is 1. The second-order valence-electron chi connectivity index (χ2n) is 6.22. The first-order chi connectivity index (χ1) is 12.7. The van der Waals surface area contributed by atoms with Crippen LogP contribution in [-0.2, 0) is 22.5 Å². The monoisotopic (exact) mass is 353 g/mol. The van der Waals surface area contributed by atoms with Crippen molar-refractivity contribution in [1.29, 1.82) is 0 Å². The number of amides is 2. The van der Waals surface area contributed by atoms with Crippen LogP contribution in [0.3, 0.4) is 0 Å². The van der Waals surface area contributed by atoms with Crippen LogP contribution in [-0.4, -0.2) is 43.0 Å². The number of rotatable bonds is 5. The van der Waals surface area contributed by atoms with E-state index in [0.29, 0.717) is 50.5 Å². The van der Waals surface area contributed by atoms with Gasteiger partial charge in [0.2, 0.25) is 5.91 Å². The van der Waals surface area contributed by atoms with Crippen molar-refractivity contribution >= 4 is 17.5 Å². The average Bonchev–Trinajstić information content (AvgIpc) is 2.70. The fourth-order valence-electron chi connectivity index (χ4n) is 2.80. The number of carbonyl (C=O) groups is 2. The van der Waals surface area contributed by atoms with Gasteiger partial charge in [-0.05, 0) is 35.4 Å². The zero-order chi connectivity index (χ0) is 18.4. The molecule has 0 aliphatic carbocycles. The summed E-state index contributed by atoms with van der Waals surface area (Å²) in [5, 5.41) is 2.86. The molecule has 1 aliphatic rings. The van der Waals surface area contributed by atoms with Crippen LogP contribution in [0.2, 0.25) is 0 Å². The van der Waals surface area contributed by atoms with E-state index >= 15 is 0 Å². The van der Waals surface area contributed by atoms with Gasteiger partial charge in [0.1, 0.15) is 0 Å². The van der Waals surface area contributed by atoms with Crippen LogP contribution in [0.5, 0.6) is 0 Å². The molecule has 0 radical (unpaired) electrons. The predicted molar refractivity (Wildman–Crippen MR) is 99.8 cm³/mol. The van der Waals surface area contributed by atoms with Gasteiger partial charge in [-0.1, -0.05) is 24.3 Å². The normalized spacial score (nSPS) is 14.1. The van der Waals surface area contributed by atoms with E-state index in [9.17, 15) is 9.59 Å². The second-order valence-corrected chi connectivity index (χ2v) is 6.22. The molecule has 2 aromatic rings. The Balaban J connectivity index is 1.56. The van der Waals surface area contributed by atoms with Crippen LogP contribution in [0.15, 0.2) is 48.5 Å². The topological polar surface area (TPSA) is 84.7 Å². The molecule has 3 N–H and O–H groups in total. The van der Waals surface area contributed by atoms with Gasteiger partial charge in [0, 0.05) is 30.9 Å². The highest BCUT2D eigenvalue weighted by Crippen LogP contribution is 2.13. The third kappa shape index (κ3) is 4.68. The smallest absolute Gasteiger partial charge is 0.255 e. The summed E-state index contributed by atoms with van der Waals surface area (Å²) in [6.45, 7) is 2.95. The van der Waals surface area contributed by atoms with E-state index < -0.39 is 0 Å². The average molecular weight is 353 g/mol. The number of nitrogens with two attached hydrogens (primary N) is 1. The van der Waals surface area contributed by atoms with Gasteiger partial charge in [0.25, 0.3) is 5.91 Å². The van der Waals surface area contributed by atoms with Crippen LogP contribution in [0.1, 0.15) is 21.5 Å². The molecular weight excluding hydrogens is 330 g/mol. The summed E-state index contributed by atoms with van der Waals surface area (Å²) in [6, 6.07) is 14.6.